The number of nitrogens with zero attached hydrogens (tertiary/aromatic N) is 1. The molecule has 1 fully saturated rings. The summed E-state index contributed by atoms with van der Waals surface area (Å²) in [5, 5.41) is 12.0. The Hall–Kier alpha value is -2.04. The van der Waals surface area contributed by atoms with Crippen molar-refractivity contribution in [3.8, 4) is 0 Å². The van der Waals surface area contributed by atoms with Crippen molar-refractivity contribution in [3.05, 3.63) is 29.3 Å². The Bertz CT molecular complexity index is 556. The van der Waals surface area contributed by atoms with E-state index < -0.39 is 11.4 Å². The lowest BCUT2D eigenvalue weighted by molar-refractivity contribution is -0.146. The van der Waals surface area contributed by atoms with E-state index in [-0.39, 0.29) is 12.6 Å². The van der Waals surface area contributed by atoms with Crippen LogP contribution in [0.25, 0.3) is 0 Å². The number of likely N-dealkylation sites (tertiary alicyclic amines) is 1. The summed E-state index contributed by atoms with van der Waals surface area (Å²) >= 11 is 0. The summed E-state index contributed by atoms with van der Waals surface area (Å²) < 4.78 is 0. The second-order valence-electron chi connectivity index (χ2n) is 5.79. The molecule has 5 nitrogen and oxygen atoms in total. The van der Waals surface area contributed by atoms with E-state index in [9.17, 15) is 14.7 Å². The van der Waals surface area contributed by atoms with Crippen molar-refractivity contribution in [3.63, 3.8) is 0 Å². The first-order valence-corrected chi connectivity index (χ1v) is 6.68. The van der Waals surface area contributed by atoms with Gasteiger partial charge in [0.05, 0.1) is 5.41 Å². The molecule has 1 aromatic carbocycles. The van der Waals surface area contributed by atoms with Crippen molar-refractivity contribution in [2.24, 2.45) is 5.41 Å². The monoisotopic (exact) mass is 276 g/mol. The summed E-state index contributed by atoms with van der Waals surface area (Å²) in [5.41, 5.74) is 2.07. The molecule has 2 amide bonds. The zero-order valence-corrected chi connectivity index (χ0v) is 12.1. The number of benzene rings is 1. The first-order valence-electron chi connectivity index (χ1n) is 6.68. The van der Waals surface area contributed by atoms with Gasteiger partial charge in [0, 0.05) is 18.8 Å². The standard InChI is InChI=1S/C15H20N2O3/c1-10-4-5-12(11(2)8-10)16-14(20)17-7-6-15(3,9-17)13(18)19/h4-5,8H,6-7,9H2,1-3H3,(H,16,20)(H,18,19). The summed E-state index contributed by atoms with van der Waals surface area (Å²) in [6.45, 7) is 6.34. The van der Waals surface area contributed by atoms with Crippen LogP contribution < -0.4 is 5.32 Å². The minimum Gasteiger partial charge on any atom is -0.481 e. The van der Waals surface area contributed by atoms with Crippen LogP contribution in [0.1, 0.15) is 24.5 Å². The molecule has 2 N–H and O–H groups in total. The number of amides is 2. The van der Waals surface area contributed by atoms with Gasteiger partial charge in [-0.1, -0.05) is 17.7 Å². The summed E-state index contributed by atoms with van der Waals surface area (Å²) in [6.07, 6.45) is 0.489. The van der Waals surface area contributed by atoms with Crippen molar-refractivity contribution in [1.82, 2.24) is 4.90 Å². The normalized spacial score (nSPS) is 21.9. The third-order valence-electron chi connectivity index (χ3n) is 3.90. The number of carboxylic acid groups (broad SMARTS) is 1. The van der Waals surface area contributed by atoms with Gasteiger partial charge in [0.15, 0.2) is 0 Å². The second-order valence-corrected chi connectivity index (χ2v) is 5.79. The maximum Gasteiger partial charge on any atom is 0.321 e. The van der Waals surface area contributed by atoms with E-state index in [0.717, 1.165) is 16.8 Å². The summed E-state index contributed by atoms with van der Waals surface area (Å²) in [5.74, 6) is -0.848. The van der Waals surface area contributed by atoms with Crippen LogP contribution in [0, 0.1) is 19.3 Å². The molecule has 1 aromatic rings. The fourth-order valence-electron chi connectivity index (χ4n) is 2.46. The number of carbonyl (C=O) groups is 2. The molecule has 108 valence electrons. The van der Waals surface area contributed by atoms with Crippen LogP contribution in [0.4, 0.5) is 10.5 Å². The zero-order valence-electron chi connectivity index (χ0n) is 12.1. The Kier molecular flexibility index (Phi) is 3.70. The summed E-state index contributed by atoms with van der Waals surface area (Å²) in [7, 11) is 0. The average Bonchev–Trinajstić information content (AvgIpc) is 2.77. The molecule has 2 rings (SSSR count). The molecule has 0 aromatic heterocycles. The molecule has 1 heterocycles. The maximum atomic E-state index is 12.2. The van der Waals surface area contributed by atoms with Crippen LogP contribution in [0.15, 0.2) is 18.2 Å². The van der Waals surface area contributed by atoms with Gasteiger partial charge in [-0.3, -0.25) is 4.79 Å². The lowest BCUT2D eigenvalue weighted by Gasteiger charge is -2.21. The van der Waals surface area contributed by atoms with Gasteiger partial charge in [-0.2, -0.15) is 0 Å². The van der Waals surface area contributed by atoms with Crippen molar-refractivity contribution >= 4 is 17.7 Å². The minimum atomic E-state index is -0.848. The van der Waals surface area contributed by atoms with Crippen LogP contribution >= 0.6 is 0 Å². The second kappa shape index (κ2) is 5.15. The average molecular weight is 276 g/mol. The first-order chi connectivity index (χ1) is 9.32. The van der Waals surface area contributed by atoms with Gasteiger partial charge in [-0.15, -0.1) is 0 Å². The number of urea groups is 1. The van der Waals surface area contributed by atoms with Crippen molar-refractivity contribution in [2.45, 2.75) is 27.2 Å². The molecule has 0 bridgehead atoms. The molecule has 20 heavy (non-hydrogen) atoms. The van der Waals surface area contributed by atoms with E-state index in [1.165, 1.54) is 0 Å². The molecule has 0 spiro atoms. The summed E-state index contributed by atoms with van der Waals surface area (Å²) in [6, 6.07) is 5.58. The highest BCUT2D eigenvalue weighted by molar-refractivity contribution is 5.91. The zero-order chi connectivity index (χ0) is 14.9. The number of carboxylic acids is 1. The summed E-state index contributed by atoms with van der Waals surface area (Å²) in [4.78, 5) is 24.9. The number of rotatable bonds is 2. The van der Waals surface area contributed by atoms with E-state index in [1.54, 1.807) is 11.8 Å². The van der Waals surface area contributed by atoms with Crippen LogP contribution in [-0.4, -0.2) is 35.1 Å². The van der Waals surface area contributed by atoms with E-state index in [1.807, 2.05) is 32.0 Å². The smallest absolute Gasteiger partial charge is 0.321 e. The maximum absolute atomic E-state index is 12.2. The molecule has 1 aliphatic rings. The predicted octanol–water partition coefficient (Wildman–Crippen LogP) is 2.63. The highest BCUT2D eigenvalue weighted by Gasteiger charge is 2.42. The van der Waals surface area contributed by atoms with Crippen molar-refractivity contribution in [2.75, 3.05) is 18.4 Å². The molecule has 1 aliphatic heterocycles. The molecular weight excluding hydrogens is 256 g/mol. The topological polar surface area (TPSA) is 69.6 Å². The van der Waals surface area contributed by atoms with Gasteiger partial charge >= 0.3 is 12.0 Å². The Labute approximate surface area is 118 Å². The third-order valence-corrected chi connectivity index (χ3v) is 3.90. The molecule has 1 atom stereocenters. The van der Waals surface area contributed by atoms with Gasteiger partial charge in [0.2, 0.25) is 0 Å². The molecule has 0 aliphatic carbocycles. The van der Waals surface area contributed by atoms with Crippen LogP contribution in [0.3, 0.4) is 0 Å². The molecular formula is C15H20N2O3. The van der Waals surface area contributed by atoms with E-state index >= 15 is 0 Å². The lowest BCUT2D eigenvalue weighted by Crippen LogP contribution is -2.37. The van der Waals surface area contributed by atoms with Crippen LogP contribution in [-0.2, 0) is 4.79 Å². The van der Waals surface area contributed by atoms with Gasteiger partial charge in [0.25, 0.3) is 0 Å². The molecule has 0 saturated carbocycles. The highest BCUT2D eigenvalue weighted by atomic mass is 16.4. The molecule has 0 radical (unpaired) electrons. The van der Waals surface area contributed by atoms with Gasteiger partial charge in [0.1, 0.15) is 0 Å². The van der Waals surface area contributed by atoms with Crippen LogP contribution in [0.2, 0.25) is 0 Å². The Balaban J connectivity index is 2.05. The molecule has 1 unspecified atom stereocenters. The van der Waals surface area contributed by atoms with Crippen LogP contribution in [0.5, 0.6) is 0 Å². The SMILES string of the molecule is Cc1ccc(NC(=O)N2CCC(C)(C(=O)O)C2)c(C)c1. The van der Waals surface area contributed by atoms with E-state index in [4.69, 9.17) is 0 Å². The third kappa shape index (κ3) is 2.76. The molecule has 1 saturated heterocycles. The van der Waals surface area contributed by atoms with Gasteiger partial charge in [-0.05, 0) is 38.8 Å². The number of aryl methyl sites for hydroxylation is 2. The number of carbonyl (C=O) groups excluding carboxylic acids is 1. The first kappa shape index (κ1) is 14.4. The number of anilines is 1. The van der Waals surface area contributed by atoms with E-state index in [2.05, 4.69) is 5.32 Å². The Morgan fingerprint density at radius 2 is 2.05 bits per heavy atom. The fourth-order valence-corrected chi connectivity index (χ4v) is 2.46. The van der Waals surface area contributed by atoms with Gasteiger partial charge < -0.3 is 15.3 Å². The largest absolute Gasteiger partial charge is 0.481 e. The number of hydrogen-bond acceptors (Lipinski definition) is 2. The van der Waals surface area contributed by atoms with Gasteiger partial charge in [-0.25, -0.2) is 4.79 Å². The number of hydrogen-bond donors (Lipinski definition) is 2. The number of nitrogens with one attached hydrogen (secondary N) is 1. The van der Waals surface area contributed by atoms with Crippen molar-refractivity contribution < 1.29 is 14.7 Å². The fraction of sp³-hybridized carbons (Fsp3) is 0.467. The van der Waals surface area contributed by atoms with E-state index in [0.29, 0.717) is 13.0 Å². The lowest BCUT2D eigenvalue weighted by atomic mass is 9.90. The number of aliphatic carboxylic acids is 1. The molecule has 5 heteroatoms. The van der Waals surface area contributed by atoms with Crippen molar-refractivity contribution in [1.29, 1.82) is 0 Å². The predicted molar refractivity (Wildman–Crippen MR) is 76.9 cm³/mol. The Morgan fingerprint density at radius 1 is 1.35 bits per heavy atom. The highest BCUT2D eigenvalue weighted by Crippen LogP contribution is 2.30. The minimum absolute atomic E-state index is 0.234. The Morgan fingerprint density at radius 3 is 2.60 bits per heavy atom. The quantitative estimate of drug-likeness (QED) is 0.872.